The Morgan fingerprint density at radius 3 is 2.50 bits per heavy atom. The van der Waals surface area contributed by atoms with Crippen molar-refractivity contribution in [2.75, 3.05) is 0 Å². The quantitative estimate of drug-likeness (QED) is 0.817. The molecule has 1 fully saturated rings. The van der Waals surface area contributed by atoms with E-state index in [9.17, 15) is 13.2 Å². The molecule has 1 aliphatic carbocycles. The predicted octanol–water partition coefficient (Wildman–Crippen LogP) is 3.44. The first-order chi connectivity index (χ1) is 9.21. The summed E-state index contributed by atoms with van der Waals surface area (Å²) in [7, 11) is 1.46. The fourth-order valence-corrected chi connectivity index (χ4v) is 3.66. The highest BCUT2D eigenvalue weighted by molar-refractivity contribution is 9.10. The third-order valence-corrected chi connectivity index (χ3v) is 5.63. The molecular formula is C13H15BrClNO3S. The zero-order valence-electron chi connectivity index (χ0n) is 10.9. The third kappa shape index (κ3) is 3.54. The molecular weight excluding hydrogens is 366 g/mol. The van der Waals surface area contributed by atoms with E-state index in [1.165, 1.54) is 18.2 Å². The second-order valence-electron chi connectivity index (χ2n) is 5.30. The van der Waals surface area contributed by atoms with Gasteiger partial charge < -0.3 is 5.32 Å². The highest BCUT2D eigenvalue weighted by atomic mass is 79.9. The molecule has 0 saturated heterocycles. The van der Waals surface area contributed by atoms with E-state index in [4.69, 9.17) is 10.7 Å². The lowest BCUT2D eigenvalue weighted by atomic mass is 10.00. The van der Waals surface area contributed by atoms with E-state index in [2.05, 4.69) is 21.2 Å². The van der Waals surface area contributed by atoms with Crippen LogP contribution in [0.15, 0.2) is 27.6 Å². The maximum Gasteiger partial charge on any atom is 0.261 e. The van der Waals surface area contributed by atoms with E-state index in [0.29, 0.717) is 4.47 Å². The number of carbonyl (C=O) groups is 1. The molecule has 20 heavy (non-hydrogen) atoms. The van der Waals surface area contributed by atoms with Crippen molar-refractivity contribution < 1.29 is 13.2 Å². The lowest BCUT2D eigenvalue weighted by Crippen LogP contribution is -2.43. The van der Waals surface area contributed by atoms with E-state index in [1.54, 1.807) is 0 Å². The average Bonchev–Trinajstić information content (AvgIpc) is 2.74. The van der Waals surface area contributed by atoms with Gasteiger partial charge in [-0.15, -0.1) is 0 Å². The van der Waals surface area contributed by atoms with Crippen LogP contribution in [0.1, 0.15) is 43.0 Å². The minimum absolute atomic E-state index is 0.0795. The van der Waals surface area contributed by atoms with Crippen molar-refractivity contribution in [1.29, 1.82) is 0 Å². The molecule has 0 aromatic heterocycles. The molecule has 0 spiro atoms. The SMILES string of the molecule is CC1(NC(=O)c2cc(S(=O)(=O)Cl)ccc2Br)CCCC1. The maximum atomic E-state index is 12.3. The van der Waals surface area contributed by atoms with Crippen LogP contribution in [0.2, 0.25) is 0 Å². The Morgan fingerprint density at radius 1 is 1.35 bits per heavy atom. The van der Waals surface area contributed by atoms with Crippen molar-refractivity contribution >= 4 is 41.6 Å². The number of hydrogen-bond donors (Lipinski definition) is 1. The van der Waals surface area contributed by atoms with Crippen LogP contribution in [0, 0.1) is 0 Å². The van der Waals surface area contributed by atoms with E-state index in [0.717, 1.165) is 25.7 Å². The van der Waals surface area contributed by atoms with Gasteiger partial charge >= 0.3 is 0 Å². The molecule has 0 bridgehead atoms. The zero-order valence-corrected chi connectivity index (χ0v) is 14.1. The first-order valence-corrected chi connectivity index (χ1v) is 9.38. The molecule has 2 rings (SSSR count). The Kier molecular flexibility index (Phi) is 4.47. The molecule has 0 unspecified atom stereocenters. The van der Waals surface area contributed by atoms with Crippen LogP contribution in [0.25, 0.3) is 0 Å². The number of carbonyl (C=O) groups excluding carboxylic acids is 1. The van der Waals surface area contributed by atoms with Crippen molar-refractivity contribution in [1.82, 2.24) is 5.32 Å². The summed E-state index contributed by atoms with van der Waals surface area (Å²) < 4.78 is 23.2. The van der Waals surface area contributed by atoms with Gasteiger partial charge in [-0.1, -0.05) is 12.8 Å². The number of hydrogen-bond acceptors (Lipinski definition) is 3. The van der Waals surface area contributed by atoms with Gasteiger partial charge in [0.05, 0.1) is 10.5 Å². The predicted molar refractivity (Wildman–Crippen MR) is 81.5 cm³/mol. The van der Waals surface area contributed by atoms with E-state index >= 15 is 0 Å². The van der Waals surface area contributed by atoms with E-state index < -0.39 is 9.05 Å². The molecule has 0 aliphatic heterocycles. The summed E-state index contributed by atoms with van der Waals surface area (Å²) in [5.41, 5.74) is 0.0617. The molecule has 0 atom stereocenters. The number of benzene rings is 1. The van der Waals surface area contributed by atoms with Crippen LogP contribution in [-0.4, -0.2) is 19.9 Å². The van der Waals surface area contributed by atoms with Gasteiger partial charge in [0, 0.05) is 20.7 Å². The summed E-state index contributed by atoms with van der Waals surface area (Å²) in [5.74, 6) is -0.288. The molecule has 110 valence electrons. The Bertz CT molecular complexity index is 639. The Hall–Kier alpha value is -0.590. The van der Waals surface area contributed by atoms with Crippen molar-refractivity contribution in [2.45, 2.75) is 43.0 Å². The topological polar surface area (TPSA) is 63.2 Å². The van der Waals surface area contributed by atoms with Crippen molar-refractivity contribution in [3.63, 3.8) is 0 Å². The Morgan fingerprint density at radius 2 is 1.95 bits per heavy atom. The van der Waals surface area contributed by atoms with Gasteiger partial charge in [-0.2, -0.15) is 0 Å². The van der Waals surface area contributed by atoms with Gasteiger partial charge in [-0.3, -0.25) is 4.79 Å². The van der Waals surface area contributed by atoms with Gasteiger partial charge in [0.2, 0.25) is 0 Å². The second kappa shape index (κ2) is 5.66. The molecule has 1 aliphatic rings. The number of halogens is 2. The minimum atomic E-state index is -3.85. The third-order valence-electron chi connectivity index (χ3n) is 3.59. The van der Waals surface area contributed by atoms with Gasteiger partial charge in [-0.25, -0.2) is 8.42 Å². The molecule has 0 heterocycles. The zero-order chi connectivity index (χ0) is 15.0. The monoisotopic (exact) mass is 379 g/mol. The van der Waals surface area contributed by atoms with Crippen molar-refractivity contribution in [3.8, 4) is 0 Å². The summed E-state index contributed by atoms with van der Waals surface area (Å²) in [6.45, 7) is 2.01. The molecule has 1 N–H and O–H groups in total. The smallest absolute Gasteiger partial charge is 0.261 e. The fourth-order valence-electron chi connectivity index (χ4n) is 2.45. The Balaban J connectivity index is 2.30. The molecule has 0 radical (unpaired) electrons. The van der Waals surface area contributed by atoms with Crippen molar-refractivity contribution in [3.05, 3.63) is 28.2 Å². The van der Waals surface area contributed by atoms with Crippen LogP contribution in [0.4, 0.5) is 0 Å². The number of rotatable bonds is 3. The van der Waals surface area contributed by atoms with E-state index in [1.807, 2.05) is 6.92 Å². The summed E-state index contributed by atoms with van der Waals surface area (Å²) >= 11 is 3.27. The minimum Gasteiger partial charge on any atom is -0.347 e. The summed E-state index contributed by atoms with van der Waals surface area (Å²) in [4.78, 5) is 12.2. The van der Waals surface area contributed by atoms with Crippen LogP contribution in [-0.2, 0) is 9.05 Å². The molecule has 1 amide bonds. The highest BCUT2D eigenvalue weighted by Gasteiger charge is 2.31. The number of nitrogens with one attached hydrogen (secondary N) is 1. The highest BCUT2D eigenvalue weighted by Crippen LogP contribution is 2.30. The van der Waals surface area contributed by atoms with Gasteiger partial charge in [0.15, 0.2) is 0 Å². The maximum absolute atomic E-state index is 12.3. The lowest BCUT2D eigenvalue weighted by Gasteiger charge is -2.25. The van der Waals surface area contributed by atoms with Gasteiger partial charge in [-0.05, 0) is 53.9 Å². The first-order valence-electron chi connectivity index (χ1n) is 6.28. The molecule has 4 nitrogen and oxygen atoms in total. The van der Waals surface area contributed by atoms with Gasteiger partial charge in [0.25, 0.3) is 15.0 Å². The standard InChI is InChI=1S/C13H15BrClNO3S/c1-13(6-2-3-7-13)16-12(17)10-8-9(20(15,18)19)4-5-11(10)14/h4-5,8H,2-3,6-7H2,1H3,(H,16,17). The van der Waals surface area contributed by atoms with Crippen LogP contribution >= 0.6 is 26.6 Å². The molecule has 1 saturated carbocycles. The number of amides is 1. The Labute approximate surface area is 131 Å². The molecule has 1 aromatic carbocycles. The van der Waals surface area contributed by atoms with Crippen LogP contribution < -0.4 is 5.32 Å². The summed E-state index contributed by atoms with van der Waals surface area (Å²) in [6.07, 6.45) is 4.05. The first kappa shape index (κ1) is 15.8. The van der Waals surface area contributed by atoms with Crippen molar-refractivity contribution in [2.24, 2.45) is 0 Å². The molecule has 7 heteroatoms. The largest absolute Gasteiger partial charge is 0.347 e. The van der Waals surface area contributed by atoms with E-state index in [-0.39, 0.29) is 21.9 Å². The summed E-state index contributed by atoms with van der Waals surface area (Å²) in [6, 6.07) is 4.17. The lowest BCUT2D eigenvalue weighted by molar-refractivity contribution is 0.0907. The second-order valence-corrected chi connectivity index (χ2v) is 8.72. The fraction of sp³-hybridized carbons (Fsp3) is 0.462. The van der Waals surface area contributed by atoms with Crippen LogP contribution in [0.5, 0.6) is 0 Å². The van der Waals surface area contributed by atoms with Gasteiger partial charge in [0.1, 0.15) is 0 Å². The average molecular weight is 381 g/mol. The normalized spacial score (nSPS) is 17.9. The summed E-state index contributed by atoms with van der Waals surface area (Å²) in [5, 5.41) is 2.98. The molecule has 1 aromatic rings. The van der Waals surface area contributed by atoms with Crippen LogP contribution in [0.3, 0.4) is 0 Å².